The molecule has 6 nitrogen and oxygen atoms in total. The minimum Gasteiger partial charge on any atom is -0.469 e. The molecule has 0 unspecified atom stereocenters. The van der Waals surface area contributed by atoms with E-state index in [4.69, 9.17) is 9.47 Å². The van der Waals surface area contributed by atoms with Crippen LogP contribution in [0.25, 0.3) is 0 Å². The first-order valence-corrected chi connectivity index (χ1v) is 10.1. The maximum Gasteiger partial charge on any atom is 0.309 e. The lowest BCUT2D eigenvalue weighted by molar-refractivity contribution is -0.157. The molecule has 0 N–H and O–H groups in total. The molecule has 0 aromatic heterocycles. The highest BCUT2D eigenvalue weighted by atomic mass is 16.5. The van der Waals surface area contributed by atoms with Crippen LogP contribution in [0.5, 0.6) is 0 Å². The van der Waals surface area contributed by atoms with E-state index in [9.17, 15) is 14.4 Å². The maximum absolute atomic E-state index is 12.2. The topological polar surface area (TPSA) is 72.9 Å². The van der Waals surface area contributed by atoms with Crippen molar-refractivity contribution in [2.24, 2.45) is 17.8 Å². The number of carbonyl (C=O) groups is 3. The lowest BCUT2D eigenvalue weighted by Crippen LogP contribution is -2.42. The Kier molecular flexibility index (Phi) is 8.39. The third-order valence-electron chi connectivity index (χ3n) is 5.87. The molecule has 6 heteroatoms. The molecule has 0 radical (unpaired) electrons. The van der Waals surface area contributed by atoms with Crippen LogP contribution in [-0.4, -0.2) is 49.6 Å². The van der Waals surface area contributed by atoms with Crippen LogP contribution < -0.4 is 0 Å². The summed E-state index contributed by atoms with van der Waals surface area (Å²) in [6, 6.07) is 0. The third-order valence-corrected chi connectivity index (χ3v) is 5.87. The van der Waals surface area contributed by atoms with Gasteiger partial charge < -0.3 is 14.4 Å². The van der Waals surface area contributed by atoms with Crippen LogP contribution in [0.15, 0.2) is 0 Å². The summed E-state index contributed by atoms with van der Waals surface area (Å²) >= 11 is 0. The van der Waals surface area contributed by atoms with Crippen LogP contribution in [0, 0.1) is 17.8 Å². The predicted octanol–water partition coefficient (Wildman–Crippen LogP) is 2.94. The average Bonchev–Trinajstić information content (AvgIpc) is 2.70. The Morgan fingerprint density at radius 1 is 0.923 bits per heavy atom. The van der Waals surface area contributed by atoms with Crippen molar-refractivity contribution in [2.75, 3.05) is 26.8 Å². The van der Waals surface area contributed by atoms with Gasteiger partial charge in [-0.1, -0.05) is 26.2 Å². The number of ether oxygens (including phenoxy) is 2. The minimum absolute atomic E-state index is 0.0502. The minimum atomic E-state index is -0.225. The van der Waals surface area contributed by atoms with Crippen molar-refractivity contribution in [3.05, 3.63) is 0 Å². The fourth-order valence-electron chi connectivity index (χ4n) is 4.05. The standard InChI is InChI=1S/C20H33NO5/c1-3-4-5-15-6-8-16(9-7-15)20(24)26-14-18(22)21-12-10-17(11-13-21)19(23)25-2/h15-17H,3-14H2,1-2H3. The number of methoxy groups -OCH3 is 1. The first-order valence-electron chi connectivity index (χ1n) is 10.1. The van der Waals surface area contributed by atoms with Crippen LogP contribution in [0.1, 0.15) is 64.7 Å². The van der Waals surface area contributed by atoms with E-state index >= 15 is 0 Å². The van der Waals surface area contributed by atoms with Gasteiger partial charge in [-0.2, -0.15) is 0 Å². The van der Waals surface area contributed by atoms with Crippen LogP contribution in [-0.2, 0) is 23.9 Å². The second kappa shape index (κ2) is 10.5. The van der Waals surface area contributed by atoms with E-state index in [1.54, 1.807) is 4.90 Å². The van der Waals surface area contributed by atoms with Gasteiger partial charge in [0.1, 0.15) is 0 Å². The lowest BCUT2D eigenvalue weighted by atomic mass is 9.80. The van der Waals surface area contributed by atoms with Crippen LogP contribution >= 0.6 is 0 Å². The van der Waals surface area contributed by atoms with Crippen molar-refractivity contribution in [2.45, 2.75) is 64.7 Å². The van der Waals surface area contributed by atoms with Crippen molar-refractivity contribution < 1.29 is 23.9 Å². The quantitative estimate of drug-likeness (QED) is 0.647. The van der Waals surface area contributed by atoms with Crippen molar-refractivity contribution in [1.29, 1.82) is 0 Å². The zero-order valence-electron chi connectivity index (χ0n) is 16.2. The molecule has 1 aliphatic carbocycles. The van der Waals surface area contributed by atoms with Gasteiger partial charge in [-0.15, -0.1) is 0 Å². The van der Waals surface area contributed by atoms with Gasteiger partial charge in [0.15, 0.2) is 6.61 Å². The van der Waals surface area contributed by atoms with E-state index in [-0.39, 0.29) is 36.3 Å². The number of unbranched alkanes of at least 4 members (excludes halogenated alkanes) is 1. The number of likely N-dealkylation sites (tertiary alicyclic amines) is 1. The van der Waals surface area contributed by atoms with Gasteiger partial charge in [-0.25, -0.2) is 0 Å². The number of nitrogens with zero attached hydrogens (tertiary/aromatic N) is 1. The van der Waals surface area contributed by atoms with E-state index in [0.29, 0.717) is 25.9 Å². The highest BCUT2D eigenvalue weighted by Crippen LogP contribution is 2.32. The summed E-state index contributed by atoms with van der Waals surface area (Å²) in [6.07, 6.45) is 8.91. The van der Waals surface area contributed by atoms with Gasteiger partial charge in [0.05, 0.1) is 18.9 Å². The van der Waals surface area contributed by atoms with Crippen molar-refractivity contribution in [3.8, 4) is 0 Å². The number of carbonyl (C=O) groups excluding carboxylic acids is 3. The summed E-state index contributed by atoms with van der Waals surface area (Å²) in [5.74, 6) is -0.0370. The summed E-state index contributed by atoms with van der Waals surface area (Å²) in [4.78, 5) is 37.7. The number of amides is 1. The molecule has 1 aliphatic heterocycles. The van der Waals surface area contributed by atoms with E-state index in [1.165, 1.54) is 26.4 Å². The second-order valence-electron chi connectivity index (χ2n) is 7.65. The zero-order valence-corrected chi connectivity index (χ0v) is 16.2. The molecule has 1 heterocycles. The van der Waals surface area contributed by atoms with Gasteiger partial charge in [0.2, 0.25) is 0 Å². The number of piperidine rings is 1. The fraction of sp³-hybridized carbons (Fsp3) is 0.850. The Bertz CT molecular complexity index is 477. The third kappa shape index (κ3) is 5.99. The Hall–Kier alpha value is -1.59. The van der Waals surface area contributed by atoms with Crippen LogP contribution in [0.4, 0.5) is 0 Å². The summed E-state index contributed by atoms with van der Waals surface area (Å²) in [6.45, 7) is 3.05. The fourth-order valence-corrected chi connectivity index (χ4v) is 4.05. The molecule has 2 fully saturated rings. The molecule has 2 rings (SSSR count). The smallest absolute Gasteiger partial charge is 0.309 e. The Morgan fingerprint density at radius 2 is 1.54 bits per heavy atom. The number of hydrogen-bond donors (Lipinski definition) is 0. The van der Waals surface area contributed by atoms with Crippen LogP contribution in [0.3, 0.4) is 0 Å². The Balaban J connectivity index is 1.65. The molecule has 148 valence electrons. The highest BCUT2D eigenvalue weighted by molar-refractivity contribution is 5.81. The Labute approximate surface area is 156 Å². The molecule has 1 saturated carbocycles. The summed E-state index contributed by atoms with van der Waals surface area (Å²) in [5, 5.41) is 0. The van der Waals surface area contributed by atoms with E-state index < -0.39 is 0 Å². The first-order chi connectivity index (χ1) is 12.5. The molecular formula is C20H33NO5. The molecule has 2 aliphatic rings. The van der Waals surface area contributed by atoms with Gasteiger partial charge in [0, 0.05) is 13.1 Å². The van der Waals surface area contributed by atoms with E-state index in [2.05, 4.69) is 6.92 Å². The normalized spacial score (nSPS) is 24.2. The Morgan fingerprint density at radius 3 is 2.12 bits per heavy atom. The van der Waals surface area contributed by atoms with Gasteiger partial charge in [0.25, 0.3) is 5.91 Å². The highest BCUT2D eigenvalue weighted by Gasteiger charge is 2.30. The van der Waals surface area contributed by atoms with Gasteiger partial charge in [-0.05, 0) is 44.4 Å². The molecule has 0 aromatic rings. The number of esters is 2. The van der Waals surface area contributed by atoms with Crippen molar-refractivity contribution >= 4 is 17.8 Å². The monoisotopic (exact) mass is 367 g/mol. The van der Waals surface area contributed by atoms with Gasteiger partial charge in [-0.3, -0.25) is 14.4 Å². The molecular weight excluding hydrogens is 334 g/mol. The largest absolute Gasteiger partial charge is 0.469 e. The summed E-state index contributed by atoms with van der Waals surface area (Å²) in [7, 11) is 1.39. The van der Waals surface area contributed by atoms with E-state index in [1.807, 2.05) is 0 Å². The van der Waals surface area contributed by atoms with Crippen molar-refractivity contribution in [3.63, 3.8) is 0 Å². The number of rotatable bonds is 7. The molecule has 0 aromatic carbocycles. The maximum atomic E-state index is 12.2. The average molecular weight is 367 g/mol. The summed E-state index contributed by atoms with van der Waals surface area (Å²) < 4.78 is 10.0. The van der Waals surface area contributed by atoms with Crippen LogP contribution in [0.2, 0.25) is 0 Å². The predicted molar refractivity (Wildman–Crippen MR) is 97.3 cm³/mol. The SMILES string of the molecule is CCCCC1CCC(C(=O)OCC(=O)N2CCC(C(=O)OC)CC2)CC1. The summed E-state index contributed by atoms with van der Waals surface area (Å²) in [5.41, 5.74) is 0. The van der Waals surface area contributed by atoms with Gasteiger partial charge >= 0.3 is 11.9 Å². The van der Waals surface area contributed by atoms with E-state index in [0.717, 1.165) is 31.6 Å². The number of hydrogen-bond acceptors (Lipinski definition) is 5. The first kappa shape index (κ1) is 20.7. The lowest BCUT2D eigenvalue weighted by Gasteiger charge is -2.31. The molecule has 1 amide bonds. The zero-order chi connectivity index (χ0) is 18.9. The molecule has 26 heavy (non-hydrogen) atoms. The molecule has 0 atom stereocenters. The molecule has 0 bridgehead atoms. The second-order valence-corrected chi connectivity index (χ2v) is 7.65. The molecule has 1 saturated heterocycles. The van der Waals surface area contributed by atoms with Crippen molar-refractivity contribution in [1.82, 2.24) is 4.90 Å². The molecule has 0 spiro atoms.